The van der Waals surface area contributed by atoms with Crippen LogP contribution < -0.4 is 0 Å². The maximum atomic E-state index is 12.4. The van der Waals surface area contributed by atoms with Crippen LogP contribution in [0.4, 0.5) is 13.2 Å². The lowest BCUT2D eigenvalue weighted by Gasteiger charge is -2.23. The van der Waals surface area contributed by atoms with E-state index >= 15 is 0 Å². The van der Waals surface area contributed by atoms with Gasteiger partial charge in [0.25, 0.3) is 0 Å². The maximum Gasteiger partial charge on any atom is 0.392 e. The average molecular weight is 210 g/mol. The lowest BCUT2D eigenvalue weighted by Crippen LogP contribution is -2.31. The number of carbonyl (C=O) groups is 1. The number of halogens is 3. The number of alkyl halides is 3. The van der Waals surface area contributed by atoms with E-state index in [9.17, 15) is 18.0 Å². The van der Waals surface area contributed by atoms with Crippen molar-refractivity contribution in [3.05, 3.63) is 0 Å². The van der Waals surface area contributed by atoms with Gasteiger partial charge in [-0.05, 0) is 5.92 Å². The average Bonchev–Trinajstić information content (AvgIpc) is 1.96. The van der Waals surface area contributed by atoms with E-state index in [-0.39, 0.29) is 11.7 Å². The summed E-state index contributed by atoms with van der Waals surface area (Å²) in [6, 6.07) is 0. The Kier molecular flexibility index (Phi) is 4.62. The molecule has 0 spiro atoms. The van der Waals surface area contributed by atoms with Crippen LogP contribution >= 0.6 is 0 Å². The fourth-order valence-electron chi connectivity index (χ4n) is 1.18. The van der Waals surface area contributed by atoms with Gasteiger partial charge in [-0.15, -0.1) is 0 Å². The van der Waals surface area contributed by atoms with Gasteiger partial charge in [0.2, 0.25) is 0 Å². The molecule has 0 amide bonds. The van der Waals surface area contributed by atoms with Crippen molar-refractivity contribution in [2.24, 2.45) is 17.8 Å². The van der Waals surface area contributed by atoms with E-state index in [1.165, 1.54) is 13.8 Å². The van der Waals surface area contributed by atoms with E-state index < -0.39 is 24.4 Å². The first kappa shape index (κ1) is 13.5. The molecule has 0 aliphatic carbocycles. The molecule has 0 aromatic carbocycles. The molecule has 0 bridgehead atoms. The predicted molar refractivity (Wildman–Crippen MR) is 48.8 cm³/mol. The van der Waals surface area contributed by atoms with Crippen LogP contribution in [0.2, 0.25) is 0 Å². The van der Waals surface area contributed by atoms with Gasteiger partial charge >= 0.3 is 6.18 Å². The van der Waals surface area contributed by atoms with Crippen molar-refractivity contribution in [2.45, 2.75) is 40.3 Å². The van der Waals surface area contributed by atoms with Crippen molar-refractivity contribution in [3.63, 3.8) is 0 Å². The number of rotatable bonds is 4. The fraction of sp³-hybridized carbons (Fsp3) is 0.900. The summed E-state index contributed by atoms with van der Waals surface area (Å²) in [5.41, 5.74) is 0. The zero-order valence-corrected chi connectivity index (χ0v) is 8.98. The van der Waals surface area contributed by atoms with Gasteiger partial charge in [-0.25, -0.2) is 0 Å². The lowest BCUT2D eigenvalue weighted by atomic mass is 9.87. The highest BCUT2D eigenvalue weighted by Gasteiger charge is 2.42. The van der Waals surface area contributed by atoms with Gasteiger partial charge in [-0.3, -0.25) is 4.79 Å². The minimum atomic E-state index is -4.27. The maximum absolute atomic E-state index is 12.4. The molecule has 1 atom stereocenters. The van der Waals surface area contributed by atoms with Crippen molar-refractivity contribution in [3.8, 4) is 0 Å². The molecule has 0 saturated heterocycles. The van der Waals surface area contributed by atoms with Gasteiger partial charge in [0.05, 0.1) is 5.92 Å². The first-order chi connectivity index (χ1) is 6.16. The number of hydrogen-bond donors (Lipinski definition) is 0. The number of hydrogen-bond acceptors (Lipinski definition) is 1. The van der Waals surface area contributed by atoms with Crippen LogP contribution in [0.15, 0.2) is 0 Å². The molecular formula is C10H17F3O. The fourth-order valence-corrected chi connectivity index (χ4v) is 1.18. The van der Waals surface area contributed by atoms with Gasteiger partial charge in [-0.2, -0.15) is 13.2 Å². The van der Waals surface area contributed by atoms with Crippen LogP contribution in [0.1, 0.15) is 34.1 Å². The zero-order chi connectivity index (χ0) is 11.5. The summed E-state index contributed by atoms with van der Waals surface area (Å²) in [5, 5.41) is 0. The van der Waals surface area contributed by atoms with Gasteiger partial charge in [0, 0.05) is 12.3 Å². The second kappa shape index (κ2) is 4.80. The standard InChI is InChI=1S/C10H17F3O/c1-6(2)8(10(11,12)13)5-9(14)7(3)4/h6-8H,5H2,1-4H3/t8-/m1/s1. The van der Waals surface area contributed by atoms with Crippen LogP contribution in [0.25, 0.3) is 0 Å². The Labute approximate surface area is 82.7 Å². The number of ketones is 1. The topological polar surface area (TPSA) is 17.1 Å². The summed E-state index contributed by atoms with van der Waals surface area (Å²) < 4.78 is 37.3. The van der Waals surface area contributed by atoms with E-state index in [0.29, 0.717) is 0 Å². The quantitative estimate of drug-likeness (QED) is 0.694. The smallest absolute Gasteiger partial charge is 0.299 e. The molecule has 0 aliphatic heterocycles. The first-order valence-electron chi connectivity index (χ1n) is 4.75. The molecule has 0 fully saturated rings. The van der Waals surface area contributed by atoms with Gasteiger partial charge in [-0.1, -0.05) is 27.7 Å². The molecule has 0 radical (unpaired) electrons. The third kappa shape index (κ3) is 4.11. The molecule has 0 rings (SSSR count). The van der Waals surface area contributed by atoms with E-state index in [2.05, 4.69) is 0 Å². The van der Waals surface area contributed by atoms with Crippen molar-refractivity contribution in [1.82, 2.24) is 0 Å². The highest BCUT2D eigenvalue weighted by molar-refractivity contribution is 5.80. The molecule has 1 nitrogen and oxygen atoms in total. The molecule has 0 unspecified atom stereocenters. The third-order valence-corrected chi connectivity index (χ3v) is 2.29. The van der Waals surface area contributed by atoms with Crippen molar-refractivity contribution in [1.29, 1.82) is 0 Å². The third-order valence-electron chi connectivity index (χ3n) is 2.29. The Morgan fingerprint density at radius 1 is 1.14 bits per heavy atom. The summed E-state index contributed by atoms with van der Waals surface area (Å²) in [4.78, 5) is 11.2. The molecular weight excluding hydrogens is 193 g/mol. The molecule has 0 N–H and O–H groups in total. The second-order valence-electron chi connectivity index (χ2n) is 4.22. The Hall–Kier alpha value is -0.540. The van der Waals surface area contributed by atoms with E-state index in [1.807, 2.05) is 0 Å². The zero-order valence-electron chi connectivity index (χ0n) is 8.98. The first-order valence-corrected chi connectivity index (χ1v) is 4.75. The Morgan fingerprint density at radius 3 is 1.79 bits per heavy atom. The van der Waals surface area contributed by atoms with Crippen molar-refractivity contribution in [2.75, 3.05) is 0 Å². The Balaban J connectivity index is 4.48. The van der Waals surface area contributed by atoms with Crippen LogP contribution in [0.3, 0.4) is 0 Å². The SMILES string of the molecule is CC(C)C(=O)C[C@H](C(C)C)C(F)(F)F. The minimum Gasteiger partial charge on any atom is -0.299 e. The summed E-state index contributed by atoms with van der Waals surface area (Å²) >= 11 is 0. The van der Waals surface area contributed by atoms with Gasteiger partial charge in [0.15, 0.2) is 0 Å². The molecule has 0 aromatic rings. The monoisotopic (exact) mass is 210 g/mol. The summed E-state index contributed by atoms with van der Waals surface area (Å²) in [7, 11) is 0. The second-order valence-corrected chi connectivity index (χ2v) is 4.22. The molecule has 0 aliphatic rings. The Bertz CT molecular complexity index is 194. The Morgan fingerprint density at radius 2 is 1.57 bits per heavy atom. The molecule has 84 valence electrons. The predicted octanol–water partition coefficient (Wildman–Crippen LogP) is 3.44. The molecule has 14 heavy (non-hydrogen) atoms. The molecule has 0 saturated carbocycles. The van der Waals surface area contributed by atoms with Crippen molar-refractivity contribution < 1.29 is 18.0 Å². The highest BCUT2D eigenvalue weighted by Crippen LogP contribution is 2.35. The highest BCUT2D eigenvalue weighted by atomic mass is 19.4. The number of Topliss-reactive ketones (excluding diaryl/α,β-unsaturated/α-hetero) is 1. The lowest BCUT2D eigenvalue weighted by molar-refractivity contribution is -0.189. The molecule has 0 aromatic heterocycles. The van der Waals surface area contributed by atoms with Gasteiger partial charge < -0.3 is 0 Å². The minimum absolute atomic E-state index is 0.318. The summed E-state index contributed by atoms with van der Waals surface area (Å²) in [6.45, 7) is 6.23. The number of carbonyl (C=O) groups excluding carboxylic acids is 1. The van der Waals surface area contributed by atoms with E-state index in [0.717, 1.165) is 0 Å². The van der Waals surface area contributed by atoms with E-state index in [1.54, 1.807) is 13.8 Å². The molecule has 4 heteroatoms. The van der Waals surface area contributed by atoms with Crippen LogP contribution in [0, 0.1) is 17.8 Å². The van der Waals surface area contributed by atoms with Gasteiger partial charge in [0.1, 0.15) is 5.78 Å². The summed E-state index contributed by atoms with van der Waals surface area (Å²) in [5.74, 6) is -2.69. The normalized spacial score (nSPS) is 14.9. The molecule has 0 heterocycles. The van der Waals surface area contributed by atoms with Crippen LogP contribution in [0.5, 0.6) is 0 Å². The largest absolute Gasteiger partial charge is 0.392 e. The van der Waals surface area contributed by atoms with Crippen LogP contribution in [-0.4, -0.2) is 12.0 Å². The van der Waals surface area contributed by atoms with Crippen LogP contribution in [-0.2, 0) is 4.79 Å². The van der Waals surface area contributed by atoms with Crippen molar-refractivity contribution >= 4 is 5.78 Å². The van der Waals surface area contributed by atoms with E-state index in [4.69, 9.17) is 0 Å². The summed E-state index contributed by atoms with van der Waals surface area (Å²) in [6.07, 6.45) is -4.66.